The second-order valence-corrected chi connectivity index (χ2v) is 6.91. The maximum Gasteiger partial charge on any atom is 0.500 e. The van der Waals surface area contributed by atoms with E-state index >= 15 is 0 Å². The van der Waals surface area contributed by atoms with E-state index in [9.17, 15) is 0 Å². The third-order valence-corrected chi connectivity index (χ3v) is 5.62. The third-order valence-electron chi connectivity index (χ3n) is 2.47. The highest BCUT2D eigenvalue weighted by Gasteiger charge is 2.39. The molecule has 0 bridgehead atoms. The summed E-state index contributed by atoms with van der Waals surface area (Å²) >= 11 is 0. The molecule has 0 amide bonds. The van der Waals surface area contributed by atoms with E-state index in [-0.39, 0.29) is 6.17 Å². The van der Waals surface area contributed by atoms with Crippen LogP contribution >= 0.6 is 0 Å². The van der Waals surface area contributed by atoms with Crippen molar-refractivity contribution in [2.75, 3.05) is 26.4 Å². The number of unbranched alkanes of at least 4 members (excludes halogenated alkanes) is 1. The fourth-order valence-corrected chi connectivity index (χ4v) is 4.48. The third kappa shape index (κ3) is 8.18. The van der Waals surface area contributed by atoms with Gasteiger partial charge in [-0.2, -0.15) is 0 Å². The Morgan fingerprint density at radius 3 is 1.89 bits per heavy atom. The second-order valence-electron chi connectivity index (χ2n) is 4.18. The first-order valence-electron chi connectivity index (χ1n) is 7.01. The van der Waals surface area contributed by atoms with Gasteiger partial charge in [0.2, 0.25) is 0 Å². The van der Waals surface area contributed by atoms with Crippen LogP contribution in [-0.2, 0) is 13.3 Å². The van der Waals surface area contributed by atoms with Crippen LogP contribution in [0.2, 0.25) is 6.04 Å². The topological polar surface area (TPSA) is 65.7 Å². The van der Waals surface area contributed by atoms with Crippen molar-refractivity contribution in [2.45, 2.75) is 52.7 Å². The van der Waals surface area contributed by atoms with Gasteiger partial charge >= 0.3 is 8.80 Å². The summed E-state index contributed by atoms with van der Waals surface area (Å²) in [6, 6.07) is 0.878. The Balaban J connectivity index is 4.04. The molecule has 0 fully saturated rings. The Bertz CT molecular complexity index is 177. The summed E-state index contributed by atoms with van der Waals surface area (Å²) in [7, 11) is -2.43. The number of nitrogens with two attached hydrogens (primary N) is 1. The van der Waals surface area contributed by atoms with E-state index in [0.717, 1.165) is 25.4 Å². The molecule has 0 rings (SSSR count). The molecule has 6 heteroatoms. The first-order chi connectivity index (χ1) is 8.60. The first-order valence-corrected chi connectivity index (χ1v) is 8.94. The molecule has 0 aliphatic heterocycles. The Morgan fingerprint density at radius 1 is 1.00 bits per heavy atom. The van der Waals surface area contributed by atoms with Crippen LogP contribution in [0.5, 0.6) is 0 Å². The number of hydrogen-bond acceptors (Lipinski definition) is 5. The molecule has 1 atom stereocenters. The molecule has 18 heavy (non-hydrogen) atoms. The maximum absolute atomic E-state index is 5.79. The predicted molar refractivity (Wildman–Crippen MR) is 76.3 cm³/mol. The van der Waals surface area contributed by atoms with Gasteiger partial charge in [-0.25, -0.2) is 0 Å². The lowest BCUT2D eigenvalue weighted by Crippen LogP contribution is -2.46. The van der Waals surface area contributed by atoms with Gasteiger partial charge in [-0.05, 0) is 47.1 Å². The Morgan fingerprint density at radius 2 is 1.50 bits per heavy atom. The molecule has 0 aromatic rings. The second kappa shape index (κ2) is 10.9. The zero-order chi connectivity index (χ0) is 13.9. The summed E-state index contributed by atoms with van der Waals surface area (Å²) in [5.74, 6) is 0. The lowest BCUT2D eigenvalue weighted by atomic mass is 10.3. The van der Waals surface area contributed by atoms with Gasteiger partial charge in [0.25, 0.3) is 0 Å². The molecule has 0 aliphatic rings. The summed E-state index contributed by atoms with van der Waals surface area (Å²) in [4.78, 5) is 0. The minimum atomic E-state index is -2.43. The fourth-order valence-electron chi connectivity index (χ4n) is 1.80. The van der Waals surface area contributed by atoms with Crippen LogP contribution in [-0.4, -0.2) is 41.3 Å². The summed E-state index contributed by atoms with van der Waals surface area (Å²) in [5.41, 5.74) is 5.63. The average molecular weight is 278 g/mol. The Hall–Kier alpha value is 0.0169. The van der Waals surface area contributed by atoms with Crippen molar-refractivity contribution in [3.8, 4) is 0 Å². The highest BCUT2D eigenvalue weighted by molar-refractivity contribution is 6.60. The normalized spacial score (nSPS) is 13.8. The molecule has 0 aromatic carbocycles. The lowest BCUT2D eigenvalue weighted by molar-refractivity contribution is 0.0707. The van der Waals surface area contributed by atoms with Gasteiger partial charge in [-0.1, -0.05) is 0 Å². The van der Waals surface area contributed by atoms with E-state index in [4.69, 9.17) is 19.0 Å². The predicted octanol–water partition coefficient (Wildman–Crippen LogP) is 1.71. The molecule has 0 radical (unpaired) electrons. The van der Waals surface area contributed by atoms with Gasteiger partial charge in [0, 0.05) is 25.9 Å². The largest absolute Gasteiger partial charge is 0.500 e. The van der Waals surface area contributed by atoms with Crippen molar-refractivity contribution >= 4 is 8.80 Å². The smallest absolute Gasteiger partial charge is 0.374 e. The first kappa shape index (κ1) is 18.0. The van der Waals surface area contributed by atoms with Crippen molar-refractivity contribution < 1.29 is 13.3 Å². The molecule has 0 aliphatic carbocycles. The van der Waals surface area contributed by atoms with Crippen LogP contribution in [0.1, 0.15) is 40.5 Å². The van der Waals surface area contributed by atoms with Crippen LogP contribution in [0.25, 0.3) is 0 Å². The van der Waals surface area contributed by atoms with Gasteiger partial charge in [0.1, 0.15) is 0 Å². The molecule has 0 spiro atoms. The van der Waals surface area contributed by atoms with Crippen molar-refractivity contribution in [1.29, 1.82) is 0 Å². The highest BCUT2D eigenvalue weighted by atomic mass is 28.4. The zero-order valence-corrected chi connectivity index (χ0v) is 13.3. The van der Waals surface area contributed by atoms with E-state index < -0.39 is 8.80 Å². The molecule has 3 N–H and O–H groups in total. The van der Waals surface area contributed by atoms with Crippen LogP contribution in [0.3, 0.4) is 0 Å². The maximum atomic E-state index is 5.79. The van der Waals surface area contributed by atoms with Gasteiger partial charge in [-0.3, -0.25) is 0 Å². The molecule has 0 aromatic heterocycles. The monoisotopic (exact) mass is 278 g/mol. The van der Waals surface area contributed by atoms with E-state index in [1.54, 1.807) is 0 Å². The van der Waals surface area contributed by atoms with Crippen LogP contribution < -0.4 is 11.1 Å². The van der Waals surface area contributed by atoms with E-state index in [1.165, 1.54) is 0 Å². The Kier molecular flexibility index (Phi) is 10.9. The minimum Gasteiger partial charge on any atom is -0.374 e. The van der Waals surface area contributed by atoms with Gasteiger partial charge in [-0.15, -0.1) is 0 Å². The molecular weight excluding hydrogens is 248 g/mol. The molecule has 5 nitrogen and oxygen atoms in total. The quantitative estimate of drug-likeness (QED) is 0.323. The molecule has 110 valence electrons. The molecule has 0 heterocycles. The summed E-state index contributed by atoms with van der Waals surface area (Å²) in [6.45, 7) is 10.7. The van der Waals surface area contributed by atoms with Crippen LogP contribution in [0.4, 0.5) is 0 Å². The standard InChI is InChI=1S/C12H30N2O3Si/c1-5-15-18(16-6-2,17-7-3)11-9-8-10-14-12(4)13/h12,14H,5-11,13H2,1-4H3. The van der Waals surface area contributed by atoms with Gasteiger partial charge < -0.3 is 24.3 Å². The molecular formula is C12H30N2O3Si. The highest BCUT2D eigenvalue weighted by Crippen LogP contribution is 2.19. The average Bonchev–Trinajstić information content (AvgIpc) is 2.29. The zero-order valence-electron chi connectivity index (χ0n) is 12.3. The van der Waals surface area contributed by atoms with Crippen LogP contribution in [0.15, 0.2) is 0 Å². The minimum absolute atomic E-state index is 0.0534. The van der Waals surface area contributed by atoms with Crippen molar-refractivity contribution in [3.05, 3.63) is 0 Å². The van der Waals surface area contributed by atoms with Crippen molar-refractivity contribution in [2.24, 2.45) is 5.73 Å². The van der Waals surface area contributed by atoms with E-state index in [2.05, 4.69) is 5.32 Å². The SMILES string of the molecule is CCO[Si](CCCCNC(C)N)(OCC)OCC. The number of rotatable bonds is 12. The van der Waals surface area contributed by atoms with Gasteiger partial charge in [0.15, 0.2) is 0 Å². The number of nitrogens with one attached hydrogen (secondary N) is 1. The lowest BCUT2D eigenvalue weighted by Gasteiger charge is -2.28. The molecule has 0 saturated heterocycles. The number of hydrogen-bond donors (Lipinski definition) is 2. The van der Waals surface area contributed by atoms with Crippen molar-refractivity contribution in [3.63, 3.8) is 0 Å². The Labute approximate surface area is 113 Å². The molecule has 0 saturated carbocycles. The van der Waals surface area contributed by atoms with E-state index in [1.807, 2.05) is 27.7 Å². The molecule has 1 unspecified atom stereocenters. The van der Waals surface area contributed by atoms with Gasteiger partial charge in [0.05, 0.1) is 6.17 Å². The van der Waals surface area contributed by atoms with Crippen molar-refractivity contribution in [1.82, 2.24) is 5.32 Å². The fraction of sp³-hybridized carbons (Fsp3) is 1.00. The summed E-state index contributed by atoms with van der Waals surface area (Å²) in [6.07, 6.45) is 2.15. The van der Waals surface area contributed by atoms with E-state index in [0.29, 0.717) is 19.8 Å². The summed E-state index contributed by atoms with van der Waals surface area (Å²) < 4.78 is 17.4. The summed E-state index contributed by atoms with van der Waals surface area (Å²) in [5, 5.41) is 3.20. The van der Waals surface area contributed by atoms with Crippen LogP contribution in [0, 0.1) is 0 Å².